The van der Waals surface area contributed by atoms with E-state index in [9.17, 15) is 39.8 Å². The van der Waals surface area contributed by atoms with Gasteiger partial charge in [0.05, 0.1) is 13.2 Å². The van der Waals surface area contributed by atoms with Crippen molar-refractivity contribution in [1.82, 2.24) is 0 Å². The van der Waals surface area contributed by atoms with Crippen LogP contribution in [-0.4, -0.2) is 98.9 Å². The molecule has 12 nitrogen and oxygen atoms in total. The fourth-order valence-corrected chi connectivity index (χ4v) is 8.85. The average molecular weight is 943 g/mol. The number of unbranched alkanes of at least 4 members (excludes halogenated alkanes) is 24. The SMILES string of the molecule is CC/C=C\C/C=C\C/C=C\C/C=C\CCCCCOCC(COP(=O)(O)OC1C(O)C(O)C(O)C(O)C1O)OC(=O)CCCCCCCCCCCCCCCCCCCCCCCC. The summed E-state index contributed by atoms with van der Waals surface area (Å²) >= 11 is 0. The average Bonchev–Trinajstić information content (AvgIpc) is 3.29. The molecule has 6 unspecified atom stereocenters. The van der Waals surface area contributed by atoms with Crippen LogP contribution in [0.15, 0.2) is 48.6 Å². The third kappa shape index (κ3) is 34.3. The van der Waals surface area contributed by atoms with Gasteiger partial charge < -0.3 is 39.9 Å². The van der Waals surface area contributed by atoms with Crippen molar-refractivity contribution < 1.29 is 58.3 Å². The number of phosphoric ester groups is 1. The summed E-state index contributed by atoms with van der Waals surface area (Å²) in [5.74, 6) is -0.486. The number of hydrogen-bond acceptors (Lipinski definition) is 11. The minimum absolute atomic E-state index is 0.0970. The van der Waals surface area contributed by atoms with Crippen molar-refractivity contribution in [3.05, 3.63) is 48.6 Å². The summed E-state index contributed by atoms with van der Waals surface area (Å²) in [5.41, 5.74) is 0. The van der Waals surface area contributed by atoms with Crippen LogP contribution in [-0.2, 0) is 27.9 Å². The summed E-state index contributed by atoms with van der Waals surface area (Å²) in [6.07, 6.45) is 40.4. The number of ether oxygens (including phenoxy) is 2. The first-order valence-corrected chi connectivity index (χ1v) is 27.5. The number of aliphatic hydroxyl groups is 5. The minimum atomic E-state index is -5.03. The molecule has 0 amide bonds. The molecule has 0 bridgehead atoms. The van der Waals surface area contributed by atoms with Crippen molar-refractivity contribution in [1.29, 1.82) is 0 Å². The lowest BCUT2D eigenvalue weighted by Gasteiger charge is -2.41. The highest BCUT2D eigenvalue weighted by atomic mass is 31.2. The third-order valence-electron chi connectivity index (χ3n) is 12.0. The smallest absolute Gasteiger partial charge is 0.457 e. The van der Waals surface area contributed by atoms with Crippen molar-refractivity contribution >= 4 is 13.8 Å². The molecule has 6 N–H and O–H groups in total. The highest BCUT2D eigenvalue weighted by molar-refractivity contribution is 7.47. The first kappa shape index (κ1) is 61.3. The second-order valence-electron chi connectivity index (χ2n) is 18.0. The number of aliphatic hydroxyl groups excluding tert-OH is 5. The Morgan fingerprint density at radius 1 is 0.508 bits per heavy atom. The van der Waals surface area contributed by atoms with E-state index in [1.165, 1.54) is 116 Å². The zero-order chi connectivity index (χ0) is 47.6. The van der Waals surface area contributed by atoms with Crippen LogP contribution in [0.4, 0.5) is 0 Å². The molecule has 0 heterocycles. The Bertz CT molecular complexity index is 1260. The Balaban J connectivity index is 2.33. The van der Waals surface area contributed by atoms with Crippen LogP contribution in [0, 0.1) is 0 Å². The third-order valence-corrected chi connectivity index (χ3v) is 13.0. The molecule has 0 radical (unpaired) electrons. The minimum Gasteiger partial charge on any atom is -0.457 e. The molecule has 13 heteroatoms. The lowest BCUT2D eigenvalue weighted by molar-refractivity contribution is -0.220. The molecule has 0 aliphatic heterocycles. The number of carbonyl (C=O) groups is 1. The van der Waals surface area contributed by atoms with Crippen molar-refractivity contribution in [2.45, 2.75) is 256 Å². The van der Waals surface area contributed by atoms with Crippen LogP contribution in [0.3, 0.4) is 0 Å². The summed E-state index contributed by atoms with van der Waals surface area (Å²) < 4.78 is 34.2. The van der Waals surface area contributed by atoms with Crippen molar-refractivity contribution in [2.75, 3.05) is 19.8 Å². The number of hydrogen-bond donors (Lipinski definition) is 6. The van der Waals surface area contributed by atoms with E-state index in [1.54, 1.807) is 0 Å². The summed E-state index contributed by atoms with van der Waals surface area (Å²) in [5, 5.41) is 50.3. The fraction of sp³-hybridized carbons (Fsp3) is 0.827. The van der Waals surface area contributed by atoms with E-state index in [2.05, 4.69) is 62.5 Å². The number of esters is 1. The molecule has 1 aliphatic rings. The van der Waals surface area contributed by atoms with Crippen LogP contribution in [0.25, 0.3) is 0 Å². The van der Waals surface area contributed by atoms with Crippen molar-refractivity contribution in [3.63, 3.8) is 0 Å². The molecule has 1 aliphatic carbocycles. The molecule has 1 rings (SSSR count). The van der Waals surface area contributed by atoms with Gasteiger partial charge in [-0.3, -0.25) is 13.8 Å². The van der Waals surface area contributed by atoms with E-state index in [1.807, 2.05) is 0 Å². The maximum Gasteiger partial charge on any atom is 0.472 e. The standard InChI is InChI=1S/C52H95O12P/c1-3-5-7-9-11-13-15-17-19-21-22-23-24-25-26-27-29-31-33-35-37-39-41-46(53)63-45(44-62-65(59,60)64-52-50(57)48(55)47(54)49(56)51(52)58)43-61-42-40-38-36-34-32-30-28-20-18-16-14-12-10-8-6-4-2/h6,8,12,14,18,20,30,32,45,47-52,54-58H,3-5,7,9-11,13,15-17,19,21-29,31,33-44H2,1-2H3,(H,59,60)/b8-6-,14-12-,20-18-,32-30-. The van der Waals surface area contributed by atoms with Crippen LogP contribution in [0.5, 0.6) is 0 Å². The van der Waals surface area contributed by atoms with Crippen LogP contribution in [0.2, 0.25) is 0 Å². The van der Waals surface area contributed by atoms with Crippen molar-refractivity contribution in [2.24, 2.45) is 0 Å². The molecule has 6 atom stereocenters. The van der Waals surface area contributed by atoms with E-state index in [4.69, 9.17) is 18.5 Å². The van der Waals surface area contributed by atoms with Crippen LogP contribution in [0.1, 0.15) is 213 Å². The molecule has 65 heavy (non-hydrogen) atoms. The maximum atomic E-state index is 12.8. The summed E-state index contributed by atoms with van der Waals surface area (Å²) in [6.45, 7) is 4.10. The highest BCUT2D eigenvalue weighted by Crippen LogP contribution is 2.47. The largest absolute Gasteiger partial charge is 0.472 e. The quantitative estimate of drug-likeness (QED) is 0.0147. The number of rotatable bonds is 44. The monoisotopic (exact) mass is 943 g/mol. The van der Waals surface area contributed by atoms with Gasteiger partial charge in [0.2, 0.25) is 0 Å². The lowest BCUT2D eigenvalue weighted by atomic mass is 9.85. The van der Waals surface area contributed by atoms with Crippen molar-refractivity contribution in [3.8, 4) is 0 Å². The maximum absolute atomic E-state index is 12.8. The predicted molar refractivity (Wildman–Crippen MR) is 262 cm³/mol. The van der Waals surface area contributed by atoms with Gasteiger partial charge in [-0.15, -0.1) is 0 Å². The molecule has 0 aromatic heterocycles. The second-order valence-corrected chi connectivity index (χ2v) is 19.4. The summed E-state index contributed by atoms with van der Waals surface area (Å²) in [4.78, 5) is 23.2. The Kier molecular flexibility index (Phi) is 40.0. The summed E-state index contributed by atoms with van der Waals surface area (Å²) in [6, 6.07) is 0. The molecule has 1 saturated carbocycles. The Labute approximate surface area is 395 Å². The number of carbonyl (C=O) groups excluding carboxylic acids is 1. The molecule has 380 valence electrons. The van der Waals surface area contributed by atoms with Gasteiger partial charge in [-0.05, 0) is 51.4 Å². The Morgan fingerprint density at radius 2 is 0.908 bits per heavy atom. The second kappa shape index (κ2) is 42.4. The van der Waals surface area contributed by atoms with Gasteiger partial charge in [0.25, 0.3) is 0 Å². The molecule has 0 aromatic carbocycles. The normalized spacial score (nSPS) is 21.9. The first-order chi connectivity index (χ1) is 31.5. The molecule has 0 saturated heterocycles. The zero-order valence-electron chi connectivity index (χ0n) is 40.8. The molecular weight excluding hydrogens is 848 g/mol. The van der Waals surface area contributed by atoms with Gasteiger partial charge in [-0.1, -0.05) is 204 Å². The van der Waals surface area contributed by atoms with E-state index in [0.29, 0.717) is 13.0 Å². The first-order valence-electron chi connectivity index (χ1n) is 26.0. The van der Waals surface area contributed by atoms with Gasteiger partial charge in [0.15, 0.2) is 0 Å². The van der Waals surface area contributed by atoms with Crippen LogP contribution >= 0.6 is 7.82 Å². The fourth-order valence-electron chi connectivity index (χ4n) is 7.88. The molecule has 0 spiro atoms. The van der Waals surface area contributed by atoms with E-state index in [-0.39, 0.29) is 13.0 Å². The molecule has 1 fully saturated rings. The van der Waals surface area contributed by atoms with Gasteiger partial charge in [-0.25, -0.2) is 4.57 Å². The van der Waals surface area contributed by atoms with Gasteiger partial charge in [0, 0.05) is 13.0 Å². The van der Waals surface area contributed by atoms with Crippen LogP contribution < -0.4 is 0 Å². The topological polar surface area (TPSA) is 192 Å². The Hall–Kier alpha value is -1.70. The van der Waals surface area contributed by atoms with Gasteiger partial charge >= 0.3 is 13.8 Å². The molecular formula is C52H95O12P. The van der Waals surface area contributed by atoms with Gasteiger partial charge in [-0.2, -0.15) is 0 Å². The highest BCUT2D eigenvalue weighted by Gasteiger charge is 2.51. The zero-order valence-corrected chi connectivity index (χ0v) is 41.7. The lowest BCUT2D eigenvalue weighted by Crippen LogP contribution is -2.64. The number of allylic oxidation sites excluding steroid dienone is 8. The van der Waals surface area contributed by atoms with E-state index >= 15 is 0 Å². The predicted octanol–water partition coefficient (Wildman–Crippen LogP) is 11.6. The Morgan fingerprint density at radius 3 is 1.37 bits per heavy atom. The number of phosphoric acid groups is 1. The molecule has 0 aromatic rings. The summed E-state index contributed by atoms with van der Waals surface area (Å²) in [7, 11) is -5.03. The van der Waals surface area contributed by atoms with E-state index < -0.39 is 63.1 Å². The van der Waals surface area contributed by atoms with Gasteiger partial charge in [0.1, 0.15) is 42.7 Å². The van der Waals surface area contributed by atoms with E-state index in [0.717, 1.165) is 70.6 Å².